The van der Waals surface area contributed by atoms with E-state index < -0.39 is 6.10 Å². The van der Waals surface area contributed by atoms with E-state index >= 15 is 0 Å². The summed E-state index contributed by atoms with van der Waals surface area (Å²) in [7, 11) is 1.71. The molecule has 1 aliphatic heterocycles. The Morgan fingerprint density at radius 2 is 2.17 bits per heavy atom. The molecule has 1 aliphatic rings. The Morgan fingerprint density at radius 1 is 1.44 bits per heavy atom. The normalized spacial score (nSPS) is 18.6. The van der Waals surface area contributed by atoms with Crippen LogP contribution in [0, 0.1) is 5.92 Å². The van der Waals surface area contributed by atoms with Gasteiger partial charge in [-0.3, -0.25) is 4.79 Å². The van der Waals surface area contributed by atoms with E-state index in [1.165, 1.54) is 11.3 Å². The maximum absolute atomic E-state index is 11.6. The number of carbonyl (C=O) groups is 1. The minimum atomic E-state index is -0.986. The van der Waals surface area contributed by atoms with Crippen molar-refractivity contribution in [3.05, 3.63) is 23.8 Å². The molecule has 0 spiro atoms. The molecule has 1 amide bonds. The number of benzene rings is 1. The molecule has 0 aliphatic carbocycles. The molecule has 1 unspecified atom stereocenters. The van der Waals surface area contributed by atoms with E-state index in [1.54, 1.807) is 18.8 Å². The summed E-state index contributed by atoms with van der Waals surface area (Å²) in [4.78, 5) is 14.3. The van der Waals surface area contributed by atoms with Crippen molar-refractivity contribution in [2.75, 3.05) is 17.7 Å². The van der Waals surface area contributed by atoms with Crippen molar-refractivity contribution in [3.8, 4) is 0 Å². The Kier molecular flexibility index (Phi) is 3.97. The average Bonchev–Trinajstić information content (AvgIpc) is 2.54. The monoisotopic (exact) mass is 265 g/mol. The summed E-state index contributed by atoms with van der Waals surface area (Å²) in [5.41, 5.74) is 1.55. The molecule has 98 valence electrons. The Labute approximate surface area is 112 Å². The van der Waals surface area contributed by atoms with E-state index in [4.69, 9.17) is 0 Å². The molecule has 0 bridgehead atoms. The molecule has 1 atom stereocenters. The molecule has 1 heterocycles. The van der Waals surface area contributed by atoms with Gasteiger partial charge in [-0.25, -0.2) is 0 Å². The Morgan fingerprint density at radius 3 is 2.83 bits per heavy atom. The number of hydrogen-bond donors (Lipinski definition) is 1. The van der Waals surface area contributed by atoms with Crippen LogP contribution in [-0.4, -0.2) is 23.8 Å². The van der Waals surface area contributed by atoms with Gasteiger partial charge in [0.1, 0.15) is 0 Å². The molecule has 1 aromatic rings. The number of thioether (sulfide) groups is 1. The number of hydrogen-bond acceptors (Lipinski definition) is 3. The Bertz CT molecular complexity index is 459. The topological polar surface area (TPSA) is 40.5 Å². The summed E-state index contributed by atoms with van der Waals surface area (Å²) >= 11 is 1.80. The van der Waals surface area contributed by atoms with Gasteiger partial charge in [0.05, 0.1) is 5.69 Å². The van der Waals surface area contributed by atoms with Crippen molar-refractivity contribution in [1.82, 2.24) is 0 Å². The lowest BCUT2D eigenvalue weighted by Crippen LogP contribution is -2.23. The Hall–Kier alpha value is -1.00. The van der Waals surface area contributed by atoms with Crippen molar-refractivity contribution in [2.24, 2.45) is 5.92 Å². The number of amides is 1. The first kappa shape index (κ1) is 13.4. The third-order valence-electron chi connectivity index (χ3n) is 3.19. The highest BCUT2D eigenvalue weighted by atomic mass is 32.2. The van der Waals surface area contributed by atoms with Gasteiger partial charge in [0.15, 0.2) is 6.10 Å². The predicted octanol–water partition coefficient (Wildman–Crippen LogP) is 2.83. The smallest absolute Gasteiger partial charge is 0.260 e. The predicted molar refractivity (Wildman–Crippen MR) is 75.0 cm³/mol. The lowest BCUT2D eigenvalue weighted by Gasteiger charge is -2.11. The molecule has 0 saturated carbocycles. The molecule has 1 aromatic carbocycles. The molecule has 0 fully saturated rings. The SMILES string of the molecule is CC(C)CCSc1ccc2c(c1)N(C)C(=O)C2O. The molecule has 0 saturated heterocycles. The largest absolute Gasteiger partial charge is 0.378 e. The number of aliphatic hydroxyl groups is 1. The third kappa shape index (κ3) is 2.54. The second-order valence-electron chi connectivity index (χ2n) is 5.05. The third-order valence-corrected chi connectivity index (χ3v) is 4.21. The molecule has 2 rings (SSSR count). The molecular weight excluding hydrogens is 246 g/mol. The average molecular weight is 265 g/mol. The van der Waals surface area contributed by atoms with E-state index in [2.05, 4.69) is 13.8 Å². The van der Waals surface area contributed by atoms with Crippen molar-refractivity contribution in [1.29, 1.82) is 0 Å². The van der Waals surface area contributed by atoms with Crippen LogP contribution in [0.4, 0.5) is 5.69 Å². The minimum Gasteiger partial charge on any atom is -0.378 e. The number of aliphatic hydroxyl groups excluding tert-OH is 1. The summed E-state index contributed by atoms with van der Waals surface area (Å²) in [5, 5.41) is 9.76. The van der Waals surface area contributed by atoms with Crippen molar-refractivity contribution in [2.45, 2.75) is 31.3 Å². The number of anilines is 1. The number of fused-ring (bicyclic) bond motifs is 1. The second-order valence-corrected chi connectivity index (χ2v) is 6.22. The summed E-state index contributed by atoms with van der Waals surface area (Å²) in [6, 6.07) is 5.84. The molecule has 3 nitrogen and oxygen atoms in total. The highest BCUT2D eigenvalue weighted by Crippen LogP contribution is 2.37. The van der Waals surface area contributed by atoms with Crippen LogP contribution in [0.15, 0.2) is 23.1 Å². The summed E-state index contributed by atoms with van der Waals surface area (Å²) in [6.07, 6.45) is 0.193. The number of nitrogens with zero attached hydrogens (tertiary/aromatic N) is 1. The van der Waals surface area contributed by atoms with Crippen molar-refractivity contribution in [3.63, 3.8) is 0 Å². The first-order valence-corrected chi connectivity index (χ1v) is 7.21. The van der Waals surface area contributed by atoms with Crippen LogP contribution in [0.25, 0.3) is 0 Å². The standard InChI is InChI=1S/C14H19NO2S/c1-9(2)6-7-18-10-4-5-11-12(8-10)15(3)14(17)13(11)16/h4-5,8-9,13,16H,6-7H2,1-3H3. The van der Waals surface area contributed by atoms with Gasteiger partial charge in [-0.15, -0.1) is 11.8 Å². The zero-order valence-corrected chi connectivity index (χ0v) is 11.8. The van der Waals surface area contributed by atoms with Gasteiger partial charge in [-0.1, -0.05) is 19.9 Å². The van der Waals surface area contributed by atoms with E-state index in [-0.39, 0.29) is 5.91 Å². The molecular formula is C14H19NO2S. The van der Waals surface area contributed by atoms with Gasteiger partial charge in [-0.05, 0) is 30.2 Å². The van der Waals surface area contributed by atoms with Crippen LogP contribution in [0.3, 0.4) is 0 Å². The van der Waals surface area contributed by atoms with Crippen LogP contribution in [0.2, 0.25) is 0 Å². The first-order chi connectivity index (χ1) is 8.50. The molecule has 0 aromatic heterocycles. The van der Waals surface area contributed by atoms with E-state index in [0.717, 1.165) is 21.9 Å². The maximum Gasteiger partial charge on any atom is 0.260 e. The quantitative estimate of drug-likeness (QED) is 0.851. The van der Waals surface area contributed by atoms with Gasteiger partial charge in [0.2, 0.25) is 0 Å². The fourth-order valence-electron chi connectivity index (χ4n) is 1.98. The summed E-state index contributed by atoms with van der Waals surface area (Å²) in [6.45, 7) is 4.43. The zero-order valence-electron chi connectivity index (χ0n) is 11.0. The fraction of sp³-hybridized carbons (Fsp3) is 0.500. The first-order valence-electron chi connectivity index (χ1n) is 6.23. The van der Waals surface area contributed by atoms with Crippen LogP contribution in [0.5, 0.6) is 0 Å². The lowest BCUT2D eigenvalue weighted by atomic mass is 10.1. The fourth-order valence-corrected chi connectivity index (χ4v) is 3.17. The highest BCUT2D eigenvalue weighted by molar-refractivity contribution is 7.99. The van der Waals surface area contributed by atoms with E-state index in [0.29, 0.717) is 5.92 Å². The molecule has 18 heavy (non-hydrogen) atoms. The number of carbonyl (C=O) groups excluding carboxylic acids is 1. The van der Waals surface area contributed by atoms with Crippen molar-refractivity contribution < 1.29 is 9.90 Å². The maximum atomic E-state index is 11.6. The summed E-state index contributed by atoms with van der Waals surface area (Å²) < 4.78 is 0. The molecule has 0 radical (unpaired) electrons. The lowest BCUT2D eigenvalue weighted by molar-refractivity contribution is -0.125. The van der Waals surface area contributed by atoms with E-state index in [9.17, 15) is 9.90 Å². The van der Waals surface area contributed by atoms with Crippen LogP contribution in [-0.2, 0) is 4.79 Å². The van der Waals surface area contributed by atoms with Gasteiger partial charge in [0, 0.05) is 17.5 Å². The molecule has 4 heteroatoms. The van der Waals surface area contributed by atoms with Gasteiger partial charge >= 0.3 is 0 Å². The number of rotatable bonds is 4. The summed E-state index contributed by atoms with van der Waals surface area (Å²) in [5.74, 6) is 1.55. The molecule has 1 N–H and O–H groups in total. The highest BCUT2D eigenvalue weighted by Gasteiger charge is 2.33. The zero-order chi connectivity index (χ0) is 13.3. The van der Waals surface area contributed by atoms with Crippen LogP contribution < -0.4 is 4.90 Å². The van der Waals surface area contributed by atoms with E-state index in [1.807, 2.05) is 18.2 Å². The van der Waals surface area contributed by atoms with Gasteiger partial charge < -0.3 is 10.0 Å². The van der Waals surface area contributed by atoms with Gasteiger partial charge in [0.25, 0.3) is 5.91 Å². The van der Waals surface area contributed by atoms with Crippen LogP contribution in [0.1, 0.15) is 31.9 Å². The van der Waals surface area contributed by atoms with Crippen molar-refractivity contribution >= 4 is 23.4 Å². The number of likely N-dealkylation sites (N-methyl/N-ethyl adjacent to an activating group) is 1. The van der Waals surface area contributed by atoms with Crippen LogP contribution >= 0.6 is 11.8 Å². The Balaban J connectivity index is 2.11. The minimum absolute atomic E-state index is 0.241. The second kappa shape index (κ2) is 5.33. The van der Waals surface area contributed by atoms with Gasteiger partial charge in [-0.2, -0.15) is 0 Å².